The Morgan fingerprint density at radius 1 is 1.26 bits per heavy atom. The zero-order valence-electron chi connectivity index (χ0n) is 13.4. The predicted molar refractivity (Wildman–Crippen MR) is 86.8 cm³/mol. The van der Waals surface area contributed by atoms with E-state index in [-0.39, 0.29) is 11.8 Å². The lowest BCUT2D eigenvalue weighted by Gasteiger charge is -2.29. The van der Waals surface area contributed by atoms with Crippen LogP contribution in [0.15, 0.2) is 30.3 Å². The fraction of sp³-hybridized carbons (Fsp3) is 0.412. The molecule has 23 heavy (non-hydrogen) atoms. The number of carbonyl (C=O) groups is 1. The highest BCUT2D eigenvalue weighted by molar-refractivity contribution is 5.87. The number of ether oxygens (including phenoxy) is 1. The molecule has 0 bridgehead atoms. The smallest absolute Gasteiger partial charge is 0.356 e. The highest BCUT2D eigenvalue weighted by Crippen LogP contribution is 2.32. The average molecular weight is 315 g/mol. The summed E-state index contributed by atoms with van der Waals surface area (Å²) in [6.45, 7) is 2.06. The molecule has 1 saturated heterocycles. The molecule has 1 aromatic heterocycles. The molecule has 0 amide bonds. The number of aryl methyl sites for hydroxylation is 1. The van der Waals surface area contributed by atoms with Gasteiger partial charge in [-0.15, -0.1) is 0 Å². The van der Waals surface area contributed by atoms with E-state index >= 15 is 0 Å². The summed E-state index contributed by atoms with van der Waals surface area (Å²) in [4.78, 5) is 13.4. The van der Waals surface area contributed by atoms with E-state index in [0.29, 0.717) is 0 Å². The van der Waals surface area contributed by atoms with Crippen molar-refractivity contribution in [1.82, 2.24) is 14.7 Å². The first kappa shape index (κ1) is 15.6. The number of aromatic carboxylic acids is 1. The first-order chi connectivity index (χ1) is 11.0. The summed E-state index contributed by atoms with van der Waals surface area (Å²) < 4.78 is 7.78. The Morgan fingerprint density at radius 3 is 2.61 bits per heavy atom. The number of carboxylic acid groups (broad SMARTS) is 1. The van der Waals surface area contributed by atoms with Gasteiger partial charge in [-0.05, 0) is 38.1 Å². The van der Waals surface area contributed by atoms with E-state index in [1.54, 1.807) is 17.8 Å². The molecule has 1 aromatic carbocycles. The van der Waals surface area contributed by atoms with E-state index in [9.17, 15) is 4.79 Å². The Morgan fingerprint density at radius 2 is 1.96 bits per heavy atom. The van der Waals surface area contributed by atoms with Crippen LogP contribution in [0.2, 0.25) is 0 Å². The fourth-order valence-electron chi connectivity index (χ4n) is 2.89. The van der Waals surface area contributed by atoms with E-state index in [2.05, 4.69) is 17.0 Å². The molecule has 3 rings (SSSR count). The molecule has 0 aliphatic carbocycles. The van der Waals surface area contributed by atoms with Crippen LogP contribution in [0, 0.1) is 0 Å². The average Bonchev–Trinajstić information content (AvgIpc) is 2.92. The number of hydrogen-bond acceptors (Lipinski definition) is 4. The summed E-state index contributed by atoms with van der Waals surface area (Å²) >= 11 is 0. The normalized spacial score (nSPS) is 16.4. The molecule has 122 valence electrons. The van der Waals surface area contributed by atoms with Crippen LogP contribution >= 0.6 is 0 Å². The third-order valence-corrected chi connectivity index (χ3v) is 4.22. The second-order valence-electron chi connectivity index (χ2n) is 5.96. The van der Waals surface area contributed by atoms with Crippen LogP contribution in [0.1, 0.15) is 23.3 Å². The molecule has 1 aliphatic rings. The van der Waals surface area contributed by atoms with Gasteiger partial charge in [-0.1, -0.05) is 12.1 Å². The van der Waals surface area contributed by atoms with Crippen molar-refractivity contribution in [2.24, 2.45) is 7.05 Å². The van der Waals surface area contributed by atoms with Gasteiger partial charge in [-0.25, -0.2) is 4.79 Å². The molecule has 2 aromatic rings. The maximum atomic E-state index is 11.1. The minimum absolute atomic E-state index is 0.0385. The first-order valence-corrected chi connectivity index (χ1v) is 7.76. The molecule has 0 saturated carbocycles. The monoisotopic (exact) mass is 315 g/mol. The standard InChI is InChI=1S/C17H21N3O3/c1-19-9-7-12(8-10-19)23-16-6-4-3-5-13(16)15-11-14(17(21)22)18-20(15)2/h3-6,11-12H,7-10H2,1-2H3,(H,21,22). The molecule has 0 radical (unpaired) electrons. The minimum atomic E-state index is -1.03. The van der Waals surface area contributed by atoms with E-state index < -0.39 is 5.97 Å². The van der Waals surface area contributed by atoms with Gasteiger partial charge in [0.15, 0.2) is 5.69 Å². The fourth-order valence-corrected chi connectivity index (χ4v) is 2.89. The van der Waals surface area contributed by atoms with Crippen LogP contribution in [0.4, 0.5) is 0 Å². The van der Waals surface area contributed by atoms with E-state index in [0.717, 1.165) is 42.9 Å². The highest BCUT2D eigenvalue weighted by atomic mass is 16.5. The van der Waals surface area contributed by atoms with Crippen LogP contribution in [-0.2, 0) is 7.05 Å². The molecule has 0 spiro atoms. The van der Waals surface area contributed by atoms with Crippen molar-refractivity contribution in [2.45, 2.75) is 18.9 Å². The van der Waals surface area contributed by atoms with Gasteiger partial charge in [0.2, 0.25) is 0 Å². The minimum Gasteiger partial charge on any atom is -0.490 e. The SMILES string of the molecule is CN1CCC(Oc2ccccc2-c2cc(C(=O)O)nn2C)CC1. The third-order valence-electron chi connectivity index (χ3n) is 4.22. The van der Waals surface area contributed by atoms with Crippen molar-refractivity contribution >= 4 is 5.97 Å². The maximum absolute atomic E-state index is 11.1. The molecule has 6 heteroatoms. The lowest BCUT2D eigenvalue weighted by atomic mass is 10.1. The van der Waals surface area contributed by atoms with Gasteiger partial charge in [0.05, 0.1) is 5.69 Å². The Kier molecular flexibility index (Phi) is 4.34. The number of rotatable bonds is 4. The van der Waals surface area contributed by atoms with Crippen LogP contribution in [-0.4, -0.2) is 52.0 Å². The van der Waals surface area contributed by atoms with Gasteiger partial charge in [0.25, 0.3) is 0 Å². The largest absolute Gasteiger partial charge is 0.490 e. The molecular formula is C17H21N3O3. The van der Waals surface area contributed by atoms with Crippen molar-refractivity contribution in [1.29, 1.82) is 0 Å². The van der Waals surface area contributed by atoms with Crippen molar-refractivity contribution in [3.05, 3.63) is 36.0 Å². The third kappa shape index (κ3) is 3.37. The van der Waals surface area contributed by atoms with Crippen molar-refractivity contribution in [3.63, 3.8) is 0 Å². The lowest BCUT2D eigenvalue weighted by molar-refractivity contribution is 0.0689. The number of piperidine rings is 1. The molecule has 1 N–H and O–H groups in total. The topological polar surface area (TPSA) is 67.6 Å². The molecule has 0 atom stereocenters. The van der Waals surface area contributed by atoms with E-state index in [4.69, 9.17) is 9.84 Å². The van der Waals surface area contributed by atoms with Crippen LogP contribution in [0.5, 0.6) is 5.75 Å². The number of carboxylic acids is 1. The summed E-state index contributed by atoms with van der Waals surface area (Å²) in [6, 6.07) is 9.31. The Bertz CT molecular complexity index is 703. The zero-order valence-corrected chi connectivity index (χ0v) is 13.4. The van der Waals surface area contributed by atoms with E-state index in [1.165, 1.54) is 0 Å². The lowest BCUT2D eigenvalue weighted by Crippen LogP contribution is -2.35. The summed E-state index contributed by atoms with van der Waals surface area (Å²) in [5.74, 6) is -0.248. The Balaban J connectivity index is 1.87. The van der Waals surface area contributed by atoms with Crippen molar-refractivity contribution in [3.8, 4) is 17.0 Å². The molecule has 2 heterocycles. The summed E-state index contributed by atoms with van der Waals surface area (Å²) in [5, 5.41) is 13.2. The molecule has 1 fully saturated rings. The summed E-state index contributed by atoms with van der Waals surface area (Å²) in [5.41, 5.74) is 1.65. The molecule has 0 unspecified atom stereocenters. The molecular weight excluding hydrogens is 294 g/mol. The zero-order chi connectivity index (χ0) is 16.4. The number of likely N-dealkylation sites (tertiary alicyclic amines) is 1. The Hall–Kier alpha value is -2.34. The first-order valence-electron chi connectivity index (χ1n) is 7.76. The quantitative estimate of drug-likeness (QED) is 0.937. The van der Waals surface area contributed by atoms with Gasteiger partial charge in [0.1, 0.15) is 11.9 Å². The van der Waals surface area contributed by atoms with E-state index in [1.807, 2.05) is 24.3 Å². The molecule has 1 aliphatic heterocycles. The van der Waals surface area contributed by atoms with Crippen LogP contribution < -0.4 is 4.74 Å². The highest BCUT2D eigenvalue weighted by Gasteiger charge is 2.21. The van der Waals surface area contributed by atoms with Crippen LogP contribution in [0.3, 0.4) is 0 Å². The van der Waals surface area contributed by atoms with Gasteiger partial charge in [-0.2, -0.15) is 5.10 Å². The Labute approximate surface area is 135 Å². The maximum Gasteiger partial charge on any atom is 0.356 e. The van der Waals surface area contributed by atoms with Gasteiger partial charge >= 0.3 is 5.97 Å². The second-order valence-corrected chi connectivity index (χ2v) is 5.96. The van der Waals surface area contributed by atoms with Crippen molar-refractivity contribution < 1.29 is 14.6 Å². The van der Waals surface area contributed by atoms with Gasteiger partial charge < -0.3 is 14.7 Å². The van der Waals surface area contributed by atoms with Gasteiger partial charge in [0, 0.05) is 25.7 Å². The van der Waals surface area contributed by atoms with Gasteiger partial charge in [-0.3, -0.25) is 4.68 Å². The number of benzene rings is 1. The number of aromatic nitrogens is 2. The predicted octanol–water partition coefficient (Wildman–Crippen LogP) is 2.26. The summed E-state index contributed by atoms with van der Waals surface area (Å²) in [7, 11) is 3.86. The van der Waals surface area contributed by atoms with Crippen molar-refractivity contribution in [2.75, 3.05) is 20.1 Å². The number of para-hydroxylation sites is 1. The molecule has 6 nitrogen and oxygen atoms in total. The summed E-state index contributed by atoms with van der Waals surface area (Å²) in [6.07, 6.45) is 2.19. The van der Waals surface area contributed by atoms with Crippen LogP contribution in [0.25, 0.3) is 11.3 Å². The number of nitrogens with zero attached hydrogens (tertiary/aromatic N) is 3. The second kappa shape index (κ2) is 6.42. The number of hydrogen-bond donors (Lipinski definition) is 1.